The fourth-order valence-electron chi connectivity index (χ4n) is 3.40. The molecule has 0 saturated carbocycles. The molecule has 0 amide bonds. The molecule has 0 radical (unpaired) electrons. The van der Waals surface area contributed by atoms with Gasteiger partial charge in [-0.25, -0.2) is 9.78 Å². The highest BCUT2D eigenvalue weighted by Crippen LogP contribution is 2.36. The van der Waals surface area contributed by atoms with Crippen LogP contribution in [-0.2, 0) is 6.18 Å². The van der Waals surface area contributed by atoms with Gasteiger partial charge in [-0.1, -0.05) is 12.1 Å². The lowest BCUT2D eigenvalue weighted by molar-refractivity contribution is -0.137. The number of hydrogen-bond acceptors (Lipinski definition) is 4. The molecule has 4 aromatic rings. The van der Waals surface area contributed by atoms with E-state index in [0.717, 1.165) is 12.1 Å². The van der Waals surface area contributed by atoms with Crippen molar-refractivity contribution in [3.8, 4) is 28.5 Å². The lowest BCUT2D eigenvalue weighted by Gasteiger charge is -2.10. The molecule has 2 aromatic carbocycles. The van der Waals surface area contributed by atoms with Crippen LogP contribution < -0.4 is 9.47 Å². The third kappa shape index (κ3) is 4.77. The van der Waals surface area contributed by atoms with Gasteiger partial charge in [0.15, 0.2) is 0 Å². The molecule has 6 nitrogen and oxygen atoms in total. The Morgan fingerprint density at radius 2 is 1.73 bits per heavy atom. The second-order valence-corrected chi connectivity index (χ2v) is 7.56. The Labute approximate surface area is 186 Å². The summed E-state index contributed by atoms with van der Waals surface area (Å²) >= 11 is 0. The predicted molar refractivity (Wildman–Crippen MR) is 116 cm³/mol. The molecular formula is C24H19F3N2O4. The highest BCUT2D eigenvalue weighted by molar-refractivity contribution is 6.07. The van der Waals surface area contributed by atoms with Crippen molar-refractivity contribution in [3.63, 3.8) is 0 Å². The van der Waals surface area contributed by atoms with Crippen molar-refractivity contribution >= 4 is 16.9 Å². The number of carboxylic acids is 1. The van der Waals surface area contributed by atoms with Gasteiger partial charge in [-0.3, -0.25) is 0 Å². The molecule has 2 aromatic heterocycles. The molecule has 0 bridgehead atoms. The average Bonchev–Trinajstić information content (AvgIpc) is 3.13. The number of halogens is 3. The van der Waals surface area contributed by atoms with Crippen LogP contribution in [0.3, 0.4) is 0 Å². The zero-order valence-corrected chi connectivity index (χ0v) is 17.6. The Morgan fingerprint density at radius 1 is 1.03 bits per heavy atom. The summed E-state index contributed by atoms with van der Waals surface area (Å²) in [5.41, 5.74) is 0.804. The number of hydrogen-bond donors (Lipinski definition) is 2. The van der Waals surface area contributed by atoms with E-state index in [9.17, 15) is 23.1 Å². The van der Waals surface area contributed by atoms with Gasteiger partial charge in [0, 0.05) is 28.7 Å². The van der Waals surface area contributed by atoms with Gasteiger partial charge in [0.1, 0.15) is 17.2 Å². The molecule has 0 aliphatic carbocycles. The predicted octanol–water partition coefficient (Wildman–Crippen LogP) is 6.53. The van der Waals surface area contributed by atoms with Crippen LogP contribution in [0, 0.1) is 0 Å². The number of H-pyrrole nitrogens is 1. The summed E-state index contributed by atoms with van der Waals surface area (Å²) in [6.07, 6.45) is -3.80. The minimum absolute atomic E-state index is 0.00275. The molecule has 170 valence electrons. The molecule has 0 saturated heterocycles. The second-order valence-electron chi connectivity index (χ2n) is 7.56. The van der Waals surface area contributed by atoms with Crippen molar-refractivity contribution in [2.24, 2.45) is 0 Å². The number of aromatic carboxylic acids is 1. The molecule has 4 rings (SSSR count). The summed E-state index contributed by atoms with van der Waals surface area (Å²) in [7, 11) is 0. The first kappa shape index (κ1) is 22.2. The first-order valence-corrected chi connectivity index (χ1v) is 9.99. The molecule has 0 spiro atoms. The van der Waals surface area contributed by atoms with Crippen LogP contribution >= 0.6 is 0 Å². The lowest BCUT2D eigenvalue weighted by atomic mass is 10.0. The quantitative estimate of drug-likeness (QED) is 0.345. The molecule has 2 heterocycles. The fourth-order valence-corrected chi connectivity index (χ4v) is 3.40. The van der Waals surface area contributed by atoms with Gasteiger partial charge in [0.05, 0.1) is 11.7 Å². The normalized spacial score (nSPS) is 11.7. The van der Waals surface area contributed by atoms with Gasteiger partial charge in [-0.15, -0.1) is 0 Å². The Morgan fingerprint density at radius 3 is 2.30 bits per heavy atom. The van der Waals surface area contributed by atoms with Gasteiger partial charge < -0.3 is 19.6 Å². The second kappa shape index (κ2) is 8.50. The number of nitrogens with zero attached hydrogens (tertiary/aromatic N) is 1. The molecule has 0 aliphatic rings. The maximum Gasteiger partial charge on any atom is 0.417 e. The Bertz CT molecular complexity index is 1290. The lowest BCUT2D eigenvalue weighted by Crippen LogP contribution is -2.05. The molecule has 9 heteroatoms. The summed E-state index contributed by atoms with van der Waals surface area (Å²) < 4.78 is 49.5. The average molecular weight is 456 g/mol. The number of aromatic amines is 1. The summed E-state index contributed by atoms with van der Waals surface area (Å²) in [4.78, 5) is 18.5. The first-order chi connectivity index (χ1) is 15.6. The molecule has 33 heavy (non-hydrogen) atoms. The van der Waals surface area contributed by atoms with E-state index in [2.05, 4.69) is 9.97 Å². The maximum absolute atomic E-state index is 12.7. The minimum atomic E-state index is -4.49. The van der Waals surface area contributed by atoms with Crippen LogP contribution in [0.2, 0.25) is 0 Å². The van der Waals surface area contributed by atoms with Gasteiger partial charge in [0.2, 0.25) is 5.88 Å². The number of aromatic nitrogens is 2. The number of fused-ring (bicyclic) bond motifs is 1. The van der Waals surface area contributed by atoms with Gasteiger partial charge in [-0.2, -0.15) is 13.2 Å². The van der Waals surface area contributed by atoms with E-state index in [1.54, 1.807) is 42.5 Å². The zero-order valence-electron chi connectivity index (χ0n) is 17.6. The minimum Gasteiger partial charge on any atom is -0.491 e. The summed E-state index contributed by atoms with van der Waals surface area (Å²) in [6, 6.07) is 13.9. The Kier molecular flexibility index (Phi) is 5.71. The monoisotopic (exact) mass is 456 g/mol. The third-order valence-corrected chi connectivity index (χ3v) is 4.78. The van der Waals surface area contributed by atoms with E-state index in [0.29, 0.717) is 39.7 Å². The zero-order chi connectivity index (χ0) is 23.8. The standard InChI is InChI=1S/C24H19F3N2O4/c1-13(2)32-16-6-3-14(4-7-16)21-18-11-17(8-9-19(18)29-22(21)23(30)31)33-20-10-5-15(12-28-20)24(25,26)27/h3-13,29H,1-2H3,(H,30,31). The van der Waals surface area contributed by atoms with E-state index in [4.69, 9.17) is 9.47 Å². The van der Waals surface area contributed by atoms with E-state index in [1.807, 2.05) is 13.8 Å². The SMILES string of the molecule is CC(C)Oc1ccc(-c2c(C(=O)O)[nH]c3ccc(Oc4ccc(C(F)(F)F)cn4)cc23)cc1. The Hall–Kier alpha value is -4.01. The molecule has 0 fully saturated rings. The molecule has 0 aliphatic heterocycles. The van der Waals surface area contributed by atoms with E-state index in [1.165, 1.54) is 0 Å². The third-order valence-electron chi connectivity index (χ3n) is 4.78. The highest BCUT2D eigenvalue weighted by Gasteiger charge is 2.30. The molecule has 2 N–H and O–H groups in total. The largest absolute Gasteiger partial charge is 0.491 e. The summed E-state index contributed by atoms with van der Waals surface area (Å²) in [6.45, 7) is 3.81. The molecular weight excluding hydrogens is 437 g/mol. The van der Waals surface area contributed by atoms with Crippen LogP contribution in [-0.4, -0.2) is 27.1 Å². The number of benzene rings is 2. The van der Waals surface area contributed by atoms with Crippen LogP contribution in [0.1, 0.15) is 29.9 Å². The Balaban J connectivity index is 1.71. The van der Waals surface area contributed by atoms with Crippen LogP contribution in [0.15, 0.2) is 60.8 Å². The number of pyridine rings is 1. The number of carbonyl (C=O) groups is 1. The number of nitrogens with one attached hydrogen (secondary N) is 1. The van der Waals surface area contributed by atoms with Crippen molar-refractivity contribution < 1.29 is 32.5 Å². The maximum atomic E-state index is 12.7. The van der Waals surface area contributed by atoms with Crippen molar-refractivity contribution in [2.75, 3.05) is 0 Å². The summed E-state index contributed by atoms with van der Waals surface area (Å²) in [5.74, 6) is -0.196. The van der Waals surface area contributed by atoms with Gasteiger partial charge in [-0.05, 0) is 55.8 Å². The van der Waals surface area contributed by atoms with Crippen molar-refractivity contribution in [3.05, 3.63) is 72.1 Å². The van der Waals surface area contributed by atoms with Crippen LogP contribution in [0.25, 0.3) is 22.0 Å². The van der Waals surface area contributed by atoms with Crippen LogP contribution in [0.5, 0.6) is 17.4 Å². The first-order valence-electron chi connectivity index (χ1n) is 9.99. The van der Waals surface area contributed by atoms with Crippen molar-refractivity contribution in [2.45, 2.75) is 26.1 Å². The van der Waals surface area contributed by atoms with Crippen LogP contribution in [0.4, 0.5) is 13.2 Å². The van der Waals surface area contributed by atoms with E-state index in [-0.39, 0.29) is 17.7 Å². The highest BCUT2D eigenvalue weighted by atomic mass is 19.4. The molecule has 0 atom stereocenters. The number of carboxylic acid groups (broad SMARTS) is 1. The van der Waals surface area contributed by atoms with Crippen molar-refractivity contribution in [1.29, 1.82) is 0 Å². The van der Waals surface area contributed by atoms with Crippen molar-refractivity contribution in [1.82, 2.24) is 9.97 Å². The number of rotatable bonds is 6. The topological polar surface area (TPSA) is 84.4 Å². The van der Waals surface area contributed by atoms with Gasteiger partial charge >= 0.3 is 12.1 Å². The smallest absolute Gasteiger partial charge is 0.417 e. The van der Waals surface area contributed by atoms with Gasteiger partial charge in [0.25, 0.3) is 0 Å². The van der Waals surface area contributed by atoms with E-state index < -0.39 is 17.7 Å². The fraction of sp³-hybridized carbons (Fsp3) is 0.167. The molecule has 0 unspecified atom stereocenters. The summed E-state index contributed by atoms with van der Waals surface area (Å²) in [5, 5.41) is 10.3. The number of alkyl halides is 3. The number of ether oxygens (including phenoxy) is 2. The van der Waals surface area contributed by atoms with E-state index >= 15 is 0 Å².